The Morgan fingerprint density at radius 1 is 1.33 bits per heavy atom. The van der Waals surface area contributed by atoms with Gasteiger partial charge in [0.05, 0.1) is 0 Å². The van der Waals surface area contributed by atoms with Crippen molar-refractivity contribution in [3.63, 3.8) is 0 Å². The standard InChI is InChI=1S/C2H5.Al.BrH.2ClH/c1-2;;;;/h1H2,2H3;;3*1H/q;+2;;;/p-2. The third-order valence-corrected chi connectivity index (χ3v) is 0. The van der Waals surface area contributed by atoms with E-state index in [4.69, 9.17) is 0 Å². The number of halogens is 3. The van der Waals surface area contributed by atoms with Gasteiger partial charge in [0.1, 0.15) is 0 Å². The normalized spacial score (nSPS) is 3.17. The van der Waals surface area contributed by atoms with Gasteiger partial charge in [0, 0.05) is 0 Å². The molecule has 0 aliphatic rings. The fraction of sp³-hybridized carbons (Fsp3) is 1.00. The van der Waals surface area contributed by atoms with Crippen molar-refractivity contribution in [3.8, 4) is 0 Å². The minimum atomic E-state index is 0. The van der Waals surface area contributed by atoms with E-state index in [2.05, 4.69) is 23.2 Å². The third-order valence-electron chi connectivity index (χ3n) is 0. The molecule has 0 aromatic rings. The fourth-order valence-corrected chi connectivity index (χ4v) is 0. The molecule has 0 aliphatic heterocycles. The van der Waals surface area contributed by atoms with Gasteiger partial charge in [-0.3, -0.25) is 0 Å². The number of hydrogen-bond acceptors (Lipinski definition) is 0. The van der Waals surface area contributed by atoms with E-state index in [1.165, 1.54) is 5.28 Å². The van der Waals surface area contributed by atoms with Crippen LogP contribution in [0.5, 0.6) is 0 Å². The molecule has 0 rings (SSSR count). The Balaban J connectivity index is -0.00000000667. The van der Waals surface area contributed by atoms with Crippen LogP contribution in [0.25, 0.3) is 0 Å². The van der Waals surface area contributed by atoms with E-state index in [9.17, 15) is 0 Å². The van der Waals surface area contributed by atoms with Crippen molar-refractivity contribution >= 4 is 33.3 Å². The van der Waals surface area contributed by atoms with Gasteiger partial charge in [-0.25, -0.2) is 0 Å². The van der Waals surface area contributed by atoms with Crippen LogP contribution in [0, 0.1) is 0 Å². The largest absolute Gasteiger partial charge is 1.00 e. The molecule has 4 heteroatoms. The summed E-state index contributed by atoms with van der Waals surface area (Å²) in [5.41, 5.74) is 0. The van der Waals surface area contributed by atoms with E-state index >= 15 is 0 Å². The van der Waals surface area contributed by atoms with Crippen molar-refractivity contribution in [2.45, 2.75) is 12.2 Å². The average Bonchev–Trinajstić information content (AvgIpc) is 0.918. The summed E-state index contributed by atoms with van der Waals surface area (Å²) >= 11 is 2.58. The van der Waals surface area contributed by atoms with Crippen LogP contribution in [-0.2, 0) is 0 Å². The van der Waals surface area contributed by atoms with E-state index in [0.29, 0.717) is 0 Å². The zero-order valence-electron chi connectivity index (χ0n) is 3.45. The van der Waals surface area contributed by atoms with E-state index < -0.39 is 0 Å². The first-order valence-electron chi connectivity index (χ1n) is 1.12. The molecule has 0 aromatic carbocycles. The minimum absolute atomic E-state index is 0. The van der Waals surface area contributed by atoms with Crippen LogP contribution in [0.3, 0.4) is 0 Å². The van der Waals surface area contributed by atoms with Gasteiger partial charge in [-0.2, -0.15) is 0 Å². The smallest absolute Gasteiger partial charge is 1.00 e. The Morgan fingerprint density at radius 2 is 1.33 bits per heavy atom. The summed E-state index contributed by atoms with van der Waals surface area (Å²) in [6, 6.07) is 0. The number of rotatable bonds is 0. The molecule has 0 aliphatic carbocycles. The van der Waals surface area contributed by atoms with Gasteiger partial charge in [0.25, 0.3) is 0 Å². The molecule has 0 N–H and O–H groups in total. The zero-order chi connectivity index (χ0) is 2.71. The van der Waals surface area contributed by atoms with Gasteiger partial charge in [0.2, 0.25) is 0 Å². The molecule has 0 heterocycles. The molecule has 0 nitrogen and oxygen atoms in total. The summed E-state index contributed by atoms with van der Waals surface area (Å²) in [6.45, 7) is 2.09. The summed E-state index contributed by atoms with van der Waals surface area (Å²) in [5.74, 6) is 0. The van der Waals surface area contributed by atoms with Crippen molar-refractivity contribution < 1.29 is 24.8 Å². The molecule has 6 heavy (non-hydrogen) atoms. The van der Waals surface area contributed by atoms with Gasteiger partial charge in [-0.1, -0.05) is 0 Å². The van der Waals surface area contributed by atoms with Crippen LogP contribution < -0.4 is 24.8 Å². The Bertz CT molecular complexity index is 11.5. The van der Waals surface area contributed by atoms with Gasteiger partial charge in [-0.05, 0) is 0 Å². The van der Waals surface area contributed by atoms with Crippen molar-refractivity contribution in [2.24, 2.45) is 0 Å². The molecule has 38 valence electrons. The molecule has 0 atom stereocenters. The molecule has 0 radical (unpaired) electrons. The van der Waals surface area contributed by atoms with E-state index in [1.807, 2.05) is 0 Å². The summed E-state index contributed by atoms with van der Waals surface area (Å²) in [7, 11) is 0. The molecule has 0 spiro atoms. The Hall–Kier alpha value is 1.59. The van der Waals surface area contributed by atoms with Crippen LogP contribution in [0.1, 0.15) is 6.92 Å². The molecule has 0 aromatic heterocycles. The summed E-state index contributed by atoms with van der Waals surface area (Å²) in [5, 5.41) is 1.17. The fourth-order valence-electron chi connectivity index (χ4n) is 0. The number of hydrogen-bond donors (Lipinski definition) is 0. The molecule has 0 unspecified atom stereocenters. The SMILES string of the molecule is Br.C[CH2][Al+2].[Cl-].[Cl-]. The molecular formula is C2H6AlBrCl2. The second-order valence-electron chi connectivity index (χ2n) is 0.408. The topological polar surface area (TPSA) is 0 Å². The monoisotopic (exact) mass is 206 g/mol. The Morgan fingerprint density at radius 3 is 1.33 bits per heavy atom. The summed E-state index contributed by atoms with van der Waals surface area (Å²) in [6.07, 6.45) is 0. The molecule has 0 amide bonds. The van der Waals surface area contributed by atoms with Gasteiger partial charge >= 0.3 is 28.5 Å². The minimum Gasteiger partial charge on any atom is -1.00 e. The molecule has 0 saturated carbocycles. The maximum absolute atomic E-state index is 2.58. The quantitative estimate of drug-likeness (QED) is 0.350. The second-order valence-corrected chi connectivity index (χ2v) is 1.22. The molecule has 0 saturated heterocycles. The first kappa shape index (κ1) is 25.6. The first-order chi connectivity index (χ1) is 1.41. The summed E-state index contributed by atoms with van der Waals surface area (Å²) < 4.78 is 0. The van der Waals surface area contributed by atoms with Crippen LogP contribution in [-0.4, -0.2) is 16.3 Å². The van der Waals surface area contributed by atoms with Crippen molar-refractivity contribution in [1.82, 2.24) is 0 Å². The van der Waals surface area contributed by atoms with Gasteiger partial charge in [0.15, 0.2) is 0 Å². The molecule has 0 bridgehead atoms. The van der Waals surface area contributed by atoms with Gasteiger partial charge in [-0.15, -0.1) is 17.0 Å². The predicted octanol–water partition coefficient (Wildman–Crippen LogP) is -4.82. The average molecular weight is 208 g/mol. The maximum atomic E-state index is 2.58. The molecule has 0 fully saturated rings. The predicted molar refractivity (Wildman–Crippen MR) is 26.6 cm³/mol. The first-order valence-corrected chi connectivity index (χ1v) is 1.93. The van der Waals surface area contributed by atoms with Crippen molar-refractivity contribution in [3.05, 3.63) is 0 Å². The van der Waals surface area contributed by atoms with Crippen LogP contribution in [0.2, 0.25) is 5.28 Å². The van der Waals surface area contributed by atoms with Crippen molar-refractivity contribution in [1.29, 1.82) is 0 Å². The van der Waals surface area contributed by atoms with Crippen molar-refractivity contribution in [2.75, 3.05) is 0 Å². The second kappa shape index (κ2) is 30.7. The Labute approximate surface area is 70.1 Å². The van der Waals surface area contributed by atoms with E-state index in [0.717, 1.165) is 0 Å². The van der Waals surface area contributed by atoms with Crippen LogP contribution in [0.15, 0.2) is 0 Å². The van der Waals surface area contributed by atoms with Gasteiger partial charge < -0.3 is 24.8 Å². The van der Waals surface area contributed by atoms with Crippen LogP contribution in [0.4, 0.5) is 0 Å². The Kier molecular flexibility index (Phi) is 131. The molecular weight excluding hydrogens is 202 g/mol. The van der Waals surface area contributed by atoms with Crippen LogP contribution >= 0.6 is 17.0 Å². The third kappa shape index (κ3) is 46.5. The van der Waals surface area contributed by atoms with E-state index in [-0.39, 0.29) is 41.8 Å². The zero-order valence-corrected chi connectivity index (χ0v) is 7.83. The summed E-state index contributed by atoms with van der Waals surface area (Å²) in [4.78, 5) is 0. The van der Waals surface area contributed by atoms with E-state index in [1.54, 1.807) is 0 Å². The maximum Gasteiger partial charge on any atom is -1.00 e.